The fourth-order valence-corrected chi connectivity index (χ4v) is 1.97. The Morgan fingerprint density at radius 1 is 1.32 bits per heavy atom. The minimum absolute atomic E-state index is 0.364. The van der Waals surface area contributed by atoms with E-state index in [9.17, 15) is 5.26 Å². The molecule has 0 aliphatic rings. The number of benzene rings is 1. The quantitative estimate of drug-likeness (QED) is 0.398. The summed E-state index contributed by atoms with van der Waals surface area (Å²) in [5.74, 6) is 0.880. The molecule has 2 N–H and O–H groups in total. The number of thioether (sulfide) groups is 1. The van der Waals surface area contributed by atoms with Crippen molar-refractivity contribution < 1.29 is 0 Å². The predicted octanol–water partition coefficient (Wildman–Crippen LogP) is 2.27. The van der Waals surface area contributed by atoms with Gasteiger partial charge in [-0.3, -0.25) is 4.90 Å². The molecule has 1 heterocycles. The average molecular weight is 271 g/mol. The fourth-order valence-electron chi connectivity index (χ4n) is 1.59. The predicted molar refractivity (Wildman–Crippen MR) is 76.5 cm³/mol. The minimum atomic E-state index is 0.364. The molecule has 0 spiro atoms. The number of anilines is 2. The van der Waals surface area contributed by atoms with E-state index in [1.165, 1.54) is 16.7 Å². The zero-order valence-corrected chi connectivity index (χ0v) is 11.3. The summed E-state index contributed by atoms with van der Waals surface area (Å²) in [5, 5.41) is 9.82. The lowest BCUT2D eigenvalue weighted by Crippen LogP contribution is -2.18. The van der Waals surface area contributed by atoms with Gasteiger partial charge in [0.1, 0.15) is 11.6 Å². The summed E-state index contributed by atoms with van der Waals surface area (Å²) in [4.78, 5) is 9.86. The van der Waals surface area contributed by atoms with Crippen LogP contribution in [0.2, 0.25) is 0 Å². The molecule has 0 amide bonds. The second kappa shape index (κ2) is 6.07. The first kappa shape index (κ1) is 13.2. The van der Waals surface area contributed by atoms with E-state index in [1.807, 2.05) is 36.6 Å². The maximum absolute atomic E-state index is 9.26. The maximum Gasteiger partial charge on any atom is 0.191 e. The van der Waals surface area contributed by atoms with E-state index in [4.69, 9.17) is 5.73 Å². The van der Waals surface area contributed by atoms with Gasteiger partial charge >= 0.3 is 0 Å². The van der Waals surface area contributed by atoms with Crippen LogP contribution in [0.1, 0.15) is 5.56 Å². The summed E-state index contributed by atoms with van der Waals surface area (Å²) in [5.41, 5.74) is 6.75. The van der Waals surface area contributed by atoms with Crippen LogP contribution in [0.25, 0.3) is 0 Å². The highest BCUT2D eigenvalue weighted by molar-refractivity contribution is 7.98. The van der Waals surface area contributed by atoms with Crippen LogP contribution in [-0.4, -0.2) is 16.2 Å². The summed E-state index contributed by atoms with van der Waals surface area (Å²) in [7, 11) is 0. The molecule has 1 aromatic heterocycles. The molecular weight excluding hydrogens is 258 g/mol. The molecule has 2 rings (SSSR count). The van der Waals surface area contributed by atoms with Gasteiger partial charge in [0.2, 0.25) is 0 Å². The maximum atomic E-state index is 9.26. The van der Waals surface area contributed by atoms with Gasteiger partial charge in [0, 0.05) is 6.07 Å². The lowest BCUT2D eigenvalue weighted by molar-refractivity contribution is 0.895. The largest absolute Gasteiger partial charge is 0.383 e. The number of rotatable bonds is 4. The molecule has 2 aromatic rings. The average Bonchev–Trinajstić information content (AvgIpc) is 2.45. The van der Waals surface area contributed by atoms with Crippen molar-refractivity contribution in [1.29, 1.82) is 5.26 Å². The summed E-state index contributed by atoms with van der Waals surface area (Å²) < 4.78 is 0. The first-order chi connectivity index (χ1) is 9.22. The van der Waals surface area contributed by atoms with Crippen LogP contribution >= 0.6 is 11.8 Å². The monoisotopic (exact) mass is 271 g/mol. The number of nitrogens with zero attached hydrogens (tertiary/aromatic N) is 4. The van der Waals surface area contributed by atoms with Gasteiger partial charge in [-0.1, -0.05) is 42.1 Å². The summed E-state index contributed by atoms with van der Waals surface area (Å²) >= 11 is 1.39. The number of nitrogen functional groups attached to an aromatic ring is 1. The molecular formula is C13H13N5S. The van der Waals surface area contributed by atoms with Crippen molar-refractivity contribution in [3.05, 3.63) is 42.0 Å². The van der Waals surface area contributed by atoms with Gasteiger partial charge in [0.15, 0.2) is 11.3 Å². The van der Waals surface area contributed by atoms with Crippen LogP contribution in [0, 0.1) is 11.5 Å². The highest BCUT2D eigenvalue weighted by atomic mass is 32.2. The molecule has 0 saturated carbocycles. The van der Waals surface area contributed by atoms with E-state index in [1.54, 1.807) is 6.07 Å². The van der Waals surface area contributed by atoms with Gasteiger partial charge in [-0.05, 0) is 11.8 Å². The summed E-state index contributed by atoms with van der Waals surface area (Å²) in [6, 6.07) is 11.3. The van der Waals surface area contributed by atoms with Gasteiger partial charge < -0.3 is 5.73 Å². The van der Waals surface area contributed by atoms with E-state index < -0.39 is 0 Å². The van der Waals surface area contributed by atoms with Crippen LogP contribution in [-0.2, 0) is 6.54 Å². The van der Waals surface area contributed by atoms with Crippen LogP contribution in [0.5, 0.6) is 0 Å². The second-order valence-electron chi connectivity index (χ2n) is 3.81. The fraction of sp³-hybridized carbons (Fsp3) is 0.154. The molecule has 1 aromatic carbocycles. The van der Waals surface area contributed by atoms with Gasteiger partial charge in [-0.2, -0.15) is 5.26 Å². The van der Waals surface area contributed by atoms with E-state index in [2.05, 4.69) is 16.2 Å². The van der Waals surface area contributed by atoms with Crippen molar-refractivity contribution >= 4 is 23.4 Å². The molecule has 96 valence electrons. The first-order valence-electron chi connectivity index (χ1n) is 5.62. The standard InChI is InChI=1S/C13H13N5S/c1-19-13-16-11(15)7-12(17-13)18(9-14)8-10-5-3-2-4-6-10/h2-7H,8H2,1H3,(H2,15,16,17). The number of hydrogen-bond acceptors (Lipinski definition) is 6. The molecule has 0 radical (unpaired) electrons. The van der Waals surface area contributed by atoms with Gasteiger partial charge in [0.05, 0.1) is 6.54 Å². The molecule has 19 heavy (non-hydrogen) atoms. The third-order valence-electron chi connectivity index (χ3n) is 2.48. The smallest absolute Gasteiger partial charge is 0.191 e. The Kier molecular flexibility index (Phi) is 4.21. The van der Waals surface area contributed by atoms with E-state index >= 15 is 0 Å². The Morgan fingerprint density at radius 2 is 2.05 bits per heavy atom. The highest BCUT2D eigenvalue weighted by Gasteiger charge is 2.10. The van der Waals surface area contributed by atoms with Crippen molar-refractivity contribution in [3.8, 4) is 6.19 Å². The molecule has 0 fully saturated rings. The number of hydrogen-bond donors (Lipinski definition) is 1. The van der Waals surface area contributed by atoms with Crippen LogP contribution in [0.3, 0.4) is 0 Å². The van der Waals surface area contributed by atoms with Gasteiger partial charge in [0.25, 0.3) is 0 Å². The Hall–Kier alpha value is -2.26. The molecule has 6 heteroatoms. The topological polar surface area (TPSA) is 78.8 Å². The SMILES string of the molecule is CSc1nc(N)cc(N(C#N)Cc2ccccc2)n1. The Labute approximate surface area is 116 Å². The Bertz CT molecular complexity index is 594. The molecule has 0 atom stereocenters. The molecule has 0 bridgehead atoms. The highest BCUT2D eigenvalue weighted by Crippen LogP contribution is 2.19. The van der Waals surface area contributed by atoms with E-state index in [-0.39, 0.29) is 0 Å². The molecule has 0 unspecified atom stereocenters. The van der Waals surface area contributed by atoms with E-state index in [0.29, 0.717) is 23.3 Å². The van der Waals surface area contributed by atoms with Crippen molar-refractivity contribution in [2.24, 2.45) is 0 Å². The van der Waals surface area contributed by atoms with Crippen LogP contribution in [0.15, 0.2) is 41.6 Å². The third kappa shape index (κ3) is 3.36. The number of nitrogens with two attached hydrogens (primary N) is 1. The van der Waals surface area contributed by atoms with Crippen LogP contribution in [0.4, 0.5) is 11.6 Å². The summed E-state index contributed by atoms with van der Waals surface area (Å²) in [6.07, 6.45) is 3.99. The lowest BCUT2D eigenvalue weighted by atomic mass is 10.2. The Morgan fingerprint density at radius 3 is 2.68 bits per heavy atom. The van der Waals surface area contributed by atoms with Gasteiger partial charge in [-0.15, -0.1) is 0 Å². The number of nitriles is 1. The summed E-state index contributed by atoms with van der Waals surface area (Å²) in [6.45, 7) is 0.460. The molecule has 0 aliphatic carbocycles. The van der Waals surface area contributed by atoms with Gasteiger partial charge in [-0.25, -0.2) is 9.97 Å². The van der Waals surface area contributed by atoms with Crippen LogP contribution < -0.4 is 10.6 Å². The van der Waals surface area contributed by atoms with Crippen molar-refractivity contribution in [1.82, 2.24) is 9.97 Å². The first-order valence-corrected chi connectivity index (χ1v) is 6.85. The van der Waals surface area contributed by atoms with Crippen molar-refractivity contribution in [2.75, 3.05) is 16.9 Å². The zero-order valence-electron chi connectivity index (χ0n) is 10.4. The minimum Gasteiger partial charge on any atom is -0.383 e. The molecule has 0 aliphatic heterocycles. The molecule has 5 nitrogen and oxygen atoms in total. The Balaban J connectivity index is 2.27. The second-order valence-corrected chi connectivity index (χ2v) is 4.58. The molecule has 0 saturated heterocycles. The van der Waals surface area contributed by atoms with Crippen molar-refractivity contribution in [3.63, 3.8) is 0 Å². The van der Waals surface area contributed by atoms with E-state index in [0.717, 1.165) is 5.56 Å². The zero-order chi connectivity index (χ0) is 13.7. The lowest BCUT2D eigenvalue weighted by Gasteiger charge is -2.15. The third-order valence-corrected chi connectivity index (χ3v) is 3.02. The van der Waals surface area contributed by atoms with Crippen molar-refractivity contribution in [2.45, 2.75) is 11.7 Å². The normalized spacial score (nSPS) is 9.89. The number of aromatic nitrogens is 2.